The second kappa shape index (κ2) is 7.81. The van der Waals surface area contributed by atoms with Crippen molar-refractivity contribution in [1.29, 1.82) is 0 Å². The van der Waals surface area contributed by atoms with Gasteiger partial charge in [-0.3, -0.25) is 9.53 Å². The van der Waals surface area contributed by atoms with Gasteiger partial charge in [-0.15, -0.1) is 13.2 Å². The van der Waals surface area contributed by atoms with E-state index >= 15 is 0 Å². The van der Waals surface area contributed by atoms with Gasteiger partial charge in [-0.25, -0.2) is 15.0 Å². The molecule has 1 saturated carbocycles. The Morgan fingerprint density at radius 1 is 1.30 bits per heavy atom. The van der Waals surface area contributed by atoms with Crippen LogP contribution in [0.15, 0.2) is 18.7 Å². The number of aryl methyl sites for hydroxylation is 1. The number of alkyl halides is 3. The molecule has 1 N–H and O–H groups in total. The lowest BCUT2D eigenvalue weighted by atomic mass is 9.93. The number of amides is 1. The molecule has 2 heterocycles. The highest BCUT2D eigenvalue weighted by molar-refractivity contribution is 6.33. The molecule has 0 unspecified atom stereocenters. The van der Waals surface area contributed by atoms with Gasteiger partial charge in [-0.05, 0) is 25.7 Å². The number of hydrogen-bond acceptors (Lipinski definition) is 5. The Bertz CT molecular complexity index is 819. The van der Waals surface area contributed by atoms with E-state index in [1.807, 2.05) is 0 Å². The maximum absolute atomic E-state index is 12.5. The summed E-state index contributed by atoms with van der Waals surface area (Å²) in [5.74, 6) is -0.196. The molecule has 0 aliphatic heterocycles. The first-order valence-electron chi connectivity index (χ1n) is 8.27. The highest BCUT2D eigenvalue weighted by atomic mass is 35.5. The third kappa shape index (κ3) is 4.95. The number of imidazole rings is 1. The number of carbonyl (C=O) groups is 1. The van der Waals surface area contributed by atoms with Crippen LogP contribution in [0.2, 0.25) is 5.02 Å². The topological polar surface area (TPSA) is 81.9 Å². The van der Waals surface area contributed by atoms with Crippen molar-refractivity contribution in [1.82, 2.24) is 24.8 Å². The Morgan fingerprint density at radius 3 is 2.59 bits per heavy atom. The van der Waals surface area contributed by atoms with Gasteiger partial charge in [0.1, 0.15) is 5.69 Å². The lowest BCUT2D eigenvalue weighted by molar-refractivity contribution is -0.345. The maximum Gasteiger partial charge on any atom is 0.522 e. The zero-order valence-corrected chi connectivity index (χ0v) is 15.1. The molecule has 1 fully saturated rings. The monoisotopic (exact) mass is 403 g/mol. The summed E-state index contributed by atoms with van der Waals surface area (Å²) in [5, 5.41) is 2.86. The molecule has 1 aliphatic rings. The van der Waals surface area contributed by atoms with E-state index in [-0.39, 0.29) is 29.6 Å². The summed E-state index contributed by atoms with van der Waals surface area (Å²) in [4.78, 5) is 24.8. The second-order valence-corrected chi connectivity index (χ2v) is 6.70. The average Bonchev–Trinajstić information content (AvgIpc) is 3.02. The third-order valence-electron chi connectivity index (χ3n) is 4.31. The predicted octanol–water partition coefficient (Wildman–Crippen LogP) is 3.11. The summed E-state index contributed by atoms with van der Waals surface area (Å²) in [7, 11) is 1.77. The molecule has 0 atom stereocenters. The lowest BCUT2D eigenvalue weighted by Crippen LogP contribution is -2.40. The van der Waals surface area contributed by atoms with E-state index in [0.717, 1.165) is 0 Å². The minimum absolute atomic E-state index is 0.0107. The maximum atomic E-state index is 12.5. The van der Waals surface area contributed by atoms with Crippen LogP contribution in [-0.4, -0.2) is 43.9 Å². The Kier molecular flexibility index (Phi) is 5.66. The molecule has 3 rings (SSSR count). The summed E-state index contributed by atoms with van der Waals surface area (Å²) >= 11 is 6.05. The highest BCUT2D eigenvalue weighted by Gasteiger charge is 2.35. The summed E-state index contributed by atoms with van der Waals surface area (Å²) in [6.45, 7) is 0. The van der Waals surface area contributed by atoms with E-state index < -0.39 is 18.4 Å². The Labute approximate surface area is 157 Å². The van der Waals surface area contributed by atoms with Gasteiger partial charge in [0, 0.05) is 13.1 Å². The first-order valence-corrected chi connectivity index (χ1v) is 8.65. The van der Waals surface area contributed by atoms with Crippen molar-refractivity contribution in [2.45, 2.75) is 44.2 Å². The fourth-order valence-corrected chi connectivity index (χ4v) is 3.17. The molecule has 0 spiro atoms. The minimum atomic E-state index is -4.64. The molecule has 1 aliphatic carbocycles. The number of hydrogen-bond donors (Lipinski definition) is 1. The first kappa shape index (κ1) is 19.6. The molecule has 146 valence electrons. The molecule has 1 amide bonds. The Morgan fingerprint density at radius 2 is 2.00 bits per heavy atom. The van der Waals surface area contributed by atoms with Crippen molar-refractivity contribution in [3.05, 3.63) is 29.4 Å². The molecule has 2 aromatic rings. The standard InChI is InChI=1S/C16H17ClF3N5O2/c1-25-8-21-7-12(25)14-22-6-11(17)13(24-14)15(26)23-9-2-4-10(5-3-9)27-16(18,19)20/h6-10H,2-5H2,1H3,(H,23,26). The van der Waals surface area contributed by atoms with Crippen LogP contribution in [0.4, 0.5) is 13.2 Å². The van der Waals surface area contributed by atoms with Crippen LogP contribution in [0.5, 0.6) is 0 Å². The van der Waals surface area contributed by atoms with Crippen molar-refractivity contribution in [3.8, 4) is 11.5 Å². The number of nitrogens with zero attached hydrogens (tertiary/aromatic N) is 4. The van der Waals surface area contributed by atoms with Gasteiger partial charge in [0.15, 0.2) is 11.5 Å². The molecule has 0 aromatic carbocycles. The molecule has 7 nitrogen and oxygen atoms in total. The first-order chi connectivity index (χ1) is 12.7. The molecule has 0 bridgehead atoms. The van der Waals surface area contributed by atoms with E-state index in [9.17, 15) is 18.0 Å². The van der Waals surface area contributed by atoms with Crippen molar-refractivity contribution in [2.75, 3.05) is 0 Å². The fourth-order valence-electron chi connectivity index (χ4n) is 2.99. The molecule has 0 radical (unpaired) electrons. The van der Waals surface area contributed by atoms with Crippen molar-refractivity contribution in [3.63, 3.8) is 0 Å². The smallest absolute Gasteiger partial charge is 0.348 e. The number of aromatic nitrogens is 4. The number of ether oxygens (including phenoxy) is 1. The van der Waals surface area contributed by atoms with Crippen LogP contribution in [0, 0.1) is 0 Å². The van der Waals surface area contributed by atoms with Gasteiger partial charge in [-0.2, -0.15) is 0 Å². The third-order valence-corrected chi connectivity index (χ3v) is 4.59. The number of nitrogens with one attached hydrogen (secondary N) is 1. The van der Waals surface area contributed by atoms with Crippen LogP contribution in [0.25, 0.3) is 11.5 Å². The van der Waals surface area contributed by atoms with E-state index in [1.165, 1.54) is 6.20 Å². The summed E-state index contributed by atoms with van der Waals surface area (Å²) < 4.78 is 42.5. The minimum Gasteiger partial charge on any atom is -0.348 e. The van der Waals surface area contributed by atoms with Gasteiger partial charge < -0.3 is 9.88 Å². The summed E-state index contributed by atoms with van der Waals surface area (Å²) in [6, 6.07) is -0.267. The number of carbonyl (C=O) groups excluding carboxylic acids is 1. The van der Waals surface area contributed by atoms with Crippen LogP contribution in [0.1, 0.15) is 36.2 Å². The normalized spacial score (nSPS) is 20.5. The summed E-state index contributed by atoms with van der Waals surface area (Å²) in [5.41, 5.74) is 0.627. The molecule has 0 saturated heterocycles. The molecule has 2 aromatic heterocycles. The number of halogens is 4. The molecular weight excluding hydrogens is 387 g/mol. The Hall–Kier alpha value is -2.20. The van der Waals surface area contributed by atoms with Gasteiger partial charge >= 0.3 is 6.36 Å². The van der Waals surface area contributed by atoms with Crippen LogP contribution >= 0.6 is 11.6 Å². The van der Waals surface area contributed by atoms with E-state index in [4.69, 9.17) is 11.6 Å². The molecular formula is C16H17ClF3N5O2. The summed E-state index contributed by atoms with van der Waals surface area (Å²) in [6.07, 6.45) is 0.133. The Balaban J connectivity index is 1.64. The second-order valence-electron chi connectivity index (χ2n) is 6.29. The van der Waals surface area contributed by atoms with E-state index in [0.29, 0.717) is 24.4 Å². The fraction of sp³-hybridized carbons (Fsp3) is 0.500. The zero-order chi connectivity index (χ0) is 19.6. The van der Waals surface area contributed by atoms with Crippen LogP contribution in [0.3, 0.4) is 0 Å². The van der Waals surface area contributed by atoms with Crippen LogP contribution < -0.4 is 5.32 Å². The largest absolute Gasteiger partial charge is 0.522 e. The van der Waals surface area contributed by atoms with E-state index in [1.54, 1.807) is 24.1 Å². The van der Waals surface area contributed by atoms with E-state index in [2.05, 4.69) is 25.0 Å². The predicted molar refractivity (Wildman–Crippen MR) is 89.9 cm³/mol. The molecule has 11 heteroatoms. The zero-order valence-electron chi connectivity index (χ0n) is 14.3. The number of rotatable bonds is 4. The molecule has 27 heavy (non-hydrogen) atoms. The SMILES string of the molecule is Cn1cncc1-c1ncc(Cl)c(C(=O)NC2CCC(OC(F)(F)F)CC2)n1. The quantitative estimate of drug-likeness (QED) is 0.848. The van der Waals surface area contributed by atoms with Gasteiger partial charge in [0.2, 0.25) is 0 Å². The highest BCUT2D eigenvalue weighted by Crippen LogP contribution is 2.28. The van der Waals surface area contributed by atoms with Gasteiger partial charge in [0.25, 0.3) is 5.91 Å². The lowest BCUT2D eigenvalue weighted by Gasteiger charge is -2.29. The van der Waals surface area contributed by atoms with Crippen molar-refractivity contribution < 1.29 is 22.7 Å². The van der Waals surface area contributed by atoms with Crippen molar-refractivity contribution >= 4 is 17.5 Å². The van der Waals surface area contributed by atoms with Crippen LogP contribution in [-0.2, 0) is 11.8 Å². The van der Waals surface area contributed by atoms with Crippen molar-refractivity contribution in [2.24, 2.45) is 7.05 Å². The average molecular weight is 404 g/mol. The van der Waals surface area contributed by atoms with Gasteiger partial charge in [0.05, 0.1) is 29.8 Å². The van der Waals surface area contributed by atoms with Gasteiger partial charge in [-0.1, -0.05) is 11.6 Å².